The lowest BCUT2D eigenvalue weighted by atomic mass is 9.99. The fourth-order valence-electron chi connectivity index (χ4n) is 1.45. The highest BCUT2D eigenvalue weighted by Crippen LogP contribution is 2.24. The first-order valence-corrected chi connectivity index (χ1v) is 5.77. The quantitative estimate of drug-likeness (QED) is 0.762. The minimum atomic E-state index is 0.197. The smallest absolute Gasteiger partial charge is 0.0886 e. The van der Waals surface area contributed by atoms with Crippen LogP contribution in [0.2, 0.25) is 0 Å². The van der Waals surface area contributed by atoms with Gasteiger partial charge in [0.05, 0.1) is 12.4 Å². The normalized spacial score (nSPS) is 19.0. The molecule has 1 rings (SSSR count). The SMILES string of the molecule is CC(C)=CC(=C(C)C)C1NC=NC=C1Br. The summed E-state index contributed by atoms with van der Waals surface area (Å²) in [5, 5.41) is 3.25. The van der Waals surface area contributed by atoms with Crippen molar-refractivity contribution in [2.45, 2.75) is 33.7 Å². The van der Waals surface area contributed by atoms with Gasteiger partial charge in [0.1, 0.15) is 0 Å². The number of allylic oxidation sites excluding steroid dienone is 2. The van der Waals surface area contributed by atoms with Crippen LogP contribution in [0.5, 0.6) is 0 Å². The van der Waals surface area contributed by atoms with Gasteiger partial charge in [-0.2, -0.15) is 0 Å². The number of aliphatic imine (C=N–C) groups is 1. The summed E-state index contributed by atoms with van der Waals surface area (Å²) in [6.45, 7) is 8.47. The van der Waals surface area contributed by atoms with Crippen molar-refractivity contribution in [2.24, 2.45) is 4.99 Å². The second kappa shape index (κ2) is 5.31. The zero-order valence-electron chi connectivity index (χ0n) is 9.63. The van der Waals surface area contributed by atoms with E-state index in [4.69, 9.17) is 0 Å². The van der Waals surface area contributed by atoms with Gasteiger partial charge in [-0.1, -0.05) is 33.2 Å². The summed E-state index contributed by atoms with van der Waals surface area (Å²) in [5.74, 6) is 0. The molecule has 82 valence electrons. The van der Waals surface area contributed by atoms with Crippen molar-refractivity contribution in [3.05, 3.63) is 33.5 Å². The van der Waals surface area contributed by atoms with Crippen molar-refractivity contribution in [2.75, 3.05) is 0 Å². The van der Waals surface area contributed by atoms with Crippen LogP contribution in [0.1, 0.15) is 27.7 Å². The Balaban J connectivity index is 3.03. The number of nitrogens with one attached hydrogen (secondary N) is 1. The van der Waals surface area contributed by atoms with Gasteiger partial charge < -0.3 is 5.32 Å². The largest absolute Gasteiger partial charge is 0.365 e. The van der Waals surface area contributed by atoms with E-state index in [0.717, 1.165) is 4.48 Å². The van der Waals surface area contributed by atoms with Gasteiger partial charge in [0.2, 0.25) is 0 Å². The summed E-state index contributed by atoms with van der Waals surface area (Å²) in [4.78, 5) is 4.04. The van der Waals surface area contributed by atoms with Crippen molar-refractivity contribution in [1.29, 1.82) is 0 Å². The van der Waals surface area contributed by atoms with Crippen molar-refractivity contribution < 1.29 is 0 Å². The predicted molar refractivity (Wildman–Crippen MR) is 70.2 cm³/mol. The fourth-order valence-corrected chi connectivity index (χ4v) is 1.94. The average molecular weight is 269 g/mol. The summed E-state index contributed by atoms with van der Waals surface area (Å²) < 4.78 is 1.07. The van der Waals surface area contributed by atoms with Crippen LogP contribution >= 0.6 is 15.9 Å². The molecule has 0 saturated heterocycles. The lowest BCUT2D eigenvalue weighted by Crippen LogP contribution is -2.32. The van der Waals surface area contributed by atoms with Crippen LogP contribution in [0.4, 0.5) is 0 Å². The Kier molecular flexibility index (Phi) is 4.33. The van der Waals surface area contributed by atoms with E-state index in [1.165, 1.54) is 16.7 Å². The van der Waals surface area contributed by atoms with Gasteiger partial charge in [0.15, 0.2) is 0 Å². The lowest BCUT2D eigenvalue weighted by Gasteiger charge is -2.22. The van der Waals surface area contributed by atoms with E-state index in [2.05, 4.69) is 60.0 Å². The molecule has 1 heterocycles. The lowest BCUT2D eigenvalue weighted by molar-refractivity contribution is 0.826. The summed E-state index contributed by atoms with van der Waals surface area (Å²) >= 11 is 3.53. The zero-order chi connectivity index (χ0) is 11.4. The Bertz CT molecular complexity index is 354. The topological polar surface area (TPSA) is 24.4 Å². The van der Waals surface area contributed by atoms with E-state index in [9.17, 15) is 0 Å². The molecule has 3 heteroatoms. The number of nitrogens with zero attached hydrogens (tertiary/aromatic N) is 1. The molecular weight excluding hydrogens is 252 g/mol. The van der Waals surface area contributed by atoms with Crippen LogP contribution in [-0.4, -0.2) is 12.4 Å². The Hall–Kier alpha value is -0.830. The number of rotatable bonds is 2. The summed E-state index contributed by atoms with van der Waals surface area (Å²) in [6.07, 6.45) is 5.78. The minimum absolute atomic E-state index is 0.197. The molecule has 1 aliphatic heterocycles. The molecule has 0 amide bonds. The van der Waals surface area contributed by atoms with Crippen molar-refractivity contribution in [3.63, 3.8) is 0 Å². The molecule has 1 unspecified atom stereocenters. The molecule has 1 N–H and O–H groups in total. The van der Waals surface area contributed by atoms with Gasteiger partial charge in [-0.15, -0.1) is 0 Å². The highest BCUT2D eigenvalue weighted by molar-refractivity contribution is 9.11. The van der Waals surface area contributed by atoms with Crippen molar-refractivity contribution in [1.82, 2.24) is 5.32 Å². The van der Waals surface area contributed by atoms with E-state index in [0.29, 0.717) is 0 Å². The molecule has 0 saturated carbocycles. The van der Waals surface area contributed by atoms with Gasteiger partial charge in [-0.3, -0.25) is 0 Å². The molecule has 0 fully saturated rings. The molecule has 0 spiro atoms. The highest BCUT2D eigenvalue weighted by atomic mass is 79.9. The van der Waals surface area contributed by atoms with Crippen LogP contribution in [0.15, 0.2) is 38.5 Å². The molecule has 0 aromatic rings. The third-order valence-corrected chi connectivity index (χ3v) is 2.78. The molecule has 1 aliphatic rings. The van der Waals surface area contributed by atoms with Crippen LogP contribution in [0.3, 0.4) is 0 Å². The monoisotopic (exact) mass is 268 g/mol. The summed E-state index contributed by atoms with van der Waals surface area (Å²) in [6, 6.07) is 0.197. The highest BCUT2D eigenvalue weighted by Gasteiger charge is 2.17. The summed E-state index contributed by atoms with van der Waals surface area (Å²) in [7, 11) is 0. The maximum absolute atomic E-state index is 4.04. The molecule has 0 aromatic carbocycles. The molecule has 0 radical (unpaired) electrons. The van der Waals surface area contributed by atoms with E-state index in [-0.39, 0.29) is 6.04 Å². The van der Waals surface area contributed by atoms with Crippen molar-refractivity contribution >= 4 is 22.3 Å². The standard InChI is InChI=1S/C12H17BrN2/c1-8(2)5-10(9(3)4)12-11(13)6-14-7-15-12/h5-7,12H,1-4H3,(H,14,15). The third kappa shape index (κ3) is 3.34. The molecule has 0 aliphatic carbocycles. The number of hydrogen-bond donors (Lipinski definition) is 1. The van der Waals surface area contributed by atoms with Gasteiger partial charge >= 0.3 is 0 Å². The molecule has 0 aromatic heterocycles. The van der Waals surface area contributed by atoms with Gasteiger partial charge in [0, 0.05) is 10.7 Å². The molecule has 0 bridgehead atoms. The Labute approximate surface area is 100.0 Å². The first-order chi connectivity index (χ1) is 7.02. The molecule has 2 nitrogen and oxygen atoms in total. The average Bonchev–Trinajstić information content (AvgIpc) is 2.15. The molecule has 1 atom stereocenters. The third-order valence-electron chi connectivity index (χ3n) is 2.12. The van der Waals surface area contributed by atoms with Gasteiger partial charge in [-0.05, 0) is 33.3 Å². The fraction of sp³-hybridized carbons (Fsp3) is 0.417. The van der Waals surface area contributed by atoms with Crippen molar-refractivity contribution in [3.8, 4) is 0 Å². The second-order valence-corrected chi connectivity index (χ2v) is 4.98. The van der Waals surface area contributed by atoms with Gasteiger partial charge in [0.25, 0.3) is 0 Å². The van der Waals surface area contributed by atoms with E-state index in [1.54, 1.807) is 6.34 Å². The first kappa shape index (κ1) is 12.2. The Morgan fingerprint density at radius 3 is 2.53 bits per heavy atom. The first-order valence-electron chi connectivity index (χ1n) is 4.98. The Morgan fingerprint density at radius 2 is 2.07 bits per heavy atom. The van der Waals surface area contributed by atoms with E-state index < -0.39 is 0 Å². The minimum Gasteiger partial charge on any atom is -0.365 e. The zero-order valence-corrected chi connectivity index (χ0v) is 11.2. The van der Waals surface area contributed by atoms with Crippen LogP contribution in [0, 0.1) is 0 Å². The van der Waals surface area contributed by atoms with Crippen LogP contribution in [0.25, 0.3) is 0 Å². The molecule has 15 heavy (non-hydrogen) atoms. The van der Waals surface area contributed by atoms with E-state index >= 15 is 0 Å². The van der Waals surface area contributed by atoms with E-state index in [1.807, 2.05) is 6.20 Å². The van der Waals surface area contributed by atoms with Crippen LogP contribution in [-0.2, 0) is 0 Å². The predicted octanol–water partition coefficient (Wildman–Crippen LogP) is 3.53. The maximum atomic E-state index is 4.04. The second-order valence-electron chi connectivity index (χ2n) is 4.07. The number of hydrogen-bond acceptors (Lipinski definition) is 2. The summed E-state index contributed by atoms with van der Waals surface area (Å²) in [5.41, 5.74) is 3.91. The maximum Gasteiger partial charge on any atom is 0.0886 e. The van der Waals surface area contributed by atoms with Gasteiger partial charge in [-0.25, -0.2) is 4.99 Å². The number of halogens is 1. The Morgan fingerprint density at radius 1 is 1.40 bits per heavy atom. The van der Waals surface area contributed by atoms with Crippen LogP contribution < -0.4 is 5.32 Å². The molecular formula is C12H17BrN2.